The molecule has 0 radical (unpaired) electrons. The lowest BCUT2D eigenvalue weighted by Crippen LogP contribution is -2.00. The van der Waals surface area contributed by atoms with Crippen LogP contribution in [0, 0.1) is 13.8 Å². The summed E-state index contributed by atoms with van der Waals surface area (Å²) in [5.74, 6) is 2.40. The normalized spacial score (nSPS) is 10.4. The van der Waals surface area contributed by atoms with Crippen LogP contribution in [0.4, 0.5) is 0 Å². The summed E-state index contributed by atoms with van der Waals surface area (Å²) in [5, 5.41) is 0. The number of oxazole rings is 1. The molecule has 1 heterocycles. The molecule has 2 aromatic rings. The molecule has 1 aromatic carbocycles. The lowest BCUT2D eigenvalue weighted by molar-refractivity contribution is 0.111. The van der Waals surface area contributed by atoms with Crippen molar-refractivity contribution in [2.45, 2.75) is 33.8 Å². The molecule has 0 fully saturated rings. The lowest BCUT2D eigenvalue weighted by Gasteiger charge is -2.10. The van der Waals surface area contributed by atoms with E-state index in [1.54, 1.807) is 18.2 Å². The summed E-state index contributed by atoms with van der Waals surface area (Å²) in [6.07, 6.45) is 1.67. The standard InChI is InChI=1S/C16H19NO4/c1-4-7-19-14-6-5-13(9-18)15(8-14)20-10-16-17-11(2)12(3)21-16/h5-6,8-9H,4,7,10H2,1-3H3. The first-order valence-corrected chi connectivity index (χ1v) is 6.91. The summed E-state index contributed by atoms with van der Waals surface area (Å²) in [4.78, 5) is 15.3. The van der Waals surface area contributed by atoms with E-state index >= 15 is 0 Å². The van der Waals surface area contributed by atoms with Gasteiger partial charge in [-0.15, -0.1) is 0 Å². The lowest BCUT2D eigenvalue weighted by atomic mass is 10.2. The van der Waals surface area contributed by atoms with Gasteiger partial charge in [-0.25, -0.2) is 4.98 Å². The van der Waals surface area contributed by atoms with Crippen molar-refractivity contribution >= 4 is 6.29 Å². The predicted molar refractivity (Wildman–Crippen MR) is 77.9 cm³/mol. The van der Waals surface area contributed by atoms with E-state index in [0.717, 1.165) is 24.2 Å². The highest BCUT2D eigenvalue weighted by Gasteiger charge is 2.10. The van der Waals surface area contributed by atoms with Crippen molar-refractivity contribution in [1.82, 2.24) is 4.98 Å². The Morgan fingerprint density at radius 1 is 1.29 bits per heavy atom. The molecule has 2 rings (SSSR count). The van der Waals surface area contributed by atoms with Crippen molar-refractivity contribution in [2.75, 3.05) is 6.61 Å². The fourth-order valence-electron chi connectivity index (χ4n) is 1.79. The minimum atomic E-state index is 0.173. The van der Waals surface area contributed by atoms with Crippen molar-refractivity contribution in [2.24, 2.45) is 0 Å². The van der Waals surface area contributed by atoms with E-state index in [1.807, 2.05) is 20.8 Å². The zero-order valence-electron chi connectivity index (χ0n) is 12.5. The Kier molecular flexibility index (Phi) is 4.98. The first-order chi connectivity index (χ1) is 10.1. The number of aromatic nitrogens is 1. The summed E-state index contributed by atoms with van der Waals surface area (Å²) in [6.45, 7) is 6.55. The van der Waals surface area contributed by atoms with Gasteiger partial charge in [0.05, 0.1) is 17.9 Å². The summed E-state index contributed by atoms with van der Waals surface area (Å²) in [6, 6.07) is 5.15. The van der Waals surface area contributed by atoms with E-state index in [2.05, 4.69) is 4.98 Å². The first-order valence-electron chi connectivity index (χ1n) is 6.91. The molecule has 0 amide bonds. The van der Waals surface area contributed by atoms with Gasteiger partial charge in [0.2, 0.25) is 5.89 Å². The van der Waals surface area contributed by atoms with Gasteiger partial charge in [-0.3, -0.25) is 4.79 Å². The van der Waals surface area contributed by atoms with Crippen LogP contribution in [0.15, 0.2) is 22.6 Å². The number of benzene rings is 1. The van der Waals surface area contributed by atoms with Crippen molar-refractivity contribution in [3.8, 4) is 11.5 Å². The Bertz CT molecular complexity index is 599. The van der Waals surface area contributed by atoms with Crippen molar-refractivity contribution < 1.29 is 18.7 Å². The van der Waals surface area contributed by atoms with Crippen LogP contribution in [0.2, 0.25) is 0 Å². The topological polar surface area (TPSA) is 61.6 Å². The first kappa shape index (κ1) is 15.1. The second kappa shape index (κ2) is 6.92. The third-order valence-electron chi connectivity index (χ3n) is 3.01. The van der Waals surface area contributed by atoms with E-state index in [0.29, 0.717) is 29.6 Å². The van der Waals surface area contributed by atoms with E-state index in [1.165, 1.54) is 0 Å². The molecule has 0 saturated heterocycles. The molecule has 0 aliphatic heterocycles. The molecular formula is C16H19NO4. The van der Waals surface area contributed by atoms with Crippen LogP contribution < -0.4 is 9.47 Å². The molecule has 0 N–H and O–H groups in total. The summed E-state index contributed by atoms with van der Waals surface area (Å²) in [5.41, 5.74) is 1.31. The number of aryl methyl sites for hydroxylation is 2. The second-order valence-corrected chi connectivity index (χ2v) is 4.70. The van der Waals surface area contributed by atoms with Gasteiger partial charge >= 0.3 is 0 Å². The average molecular weight is 289 g/mol. The monoisotopic (exact) mass is 289 g/mol. The third-order valence-corrected chi connectivity index (χ3v) is 3.01. The molecule has 0 saturated carbocycles. The van der Waals surface area contributed by atoms with Crippen LogP contribution in [0.3, 0.4) is 0 Å². The fraction of sp³-hybridized carbons (Fsp3) is 0.375. The molecule has 5 heteroatoms. The number of rotatable bonds is 7. The number of carbonyl (C=O) groups excluding carboxylic acids is 1. The molecule has 0 atom stereocenters. The smallest absolute Gasteiger partial charge is 0.232 e. The molecule has 5 nitrogen and oxygen atoms in total. The van der Waals surface area contributed by atoms with Gasteiger partial charge in [0.25, 0.3) is 0 Å². The second-order valence-electron chi connectivity index (χ2n) is 4.70. The quantitative estimate of drug-likeness (QED) is 0.730. The maximum atomic E-state index is 11.1. The number of nitrogens with zero attached hydrogens (tertiary/aromatic N) is 1. The number of aldehydes is 1. The predicted octanol–water partition coefficient (Wildman–Crippen LogP) is 3.47. The largest absolute Gasteiger partial charge is 0.493 e. The van der Waals surface area contributed by atoms with E-state index in [4.69, 9.17) is 13.9 Å². The fourth-order valence-corrected chi connectivity index (χ4v) is 1.79. The molecule has 0 unspecified atom stereocenters. The third kappa shape index (κ3) is 3.84. The highest BCUT2D eigenvalue weighted by Crippen LogP contribution is 2.25. The maximum absolute atomic E-state index is 11.1. The van der Waals surface area contributed by atoms with Crippen LogP contribution in [-0.4, -0.2) is 17.9 Å². The summed E-state index contributed by atoms with van der Waals surface area (Å²) < 4.78 is 16.6. The van der Waals surface area contributed by atoms with Crippen molar-refractivity contribution in [3.05, 3.63) is 41.1 Å². The minimum Gasteiger partial charge on any atom is -0.493 e. The van der Waals surface area contributed by atoms with Gasteiger partial charge in [0, 0.05) is 6.07 Å². The molecule has 112 valence electrons. The van der Waals surface area contributed by atoms with E-state index in [-0.39, 0.29) is 6.61 Å². The Morgan fingerprint density at radius 2 is 2.10 bits per heavy atom. The zero-order chi connectivity index (χ0) is 15.2. The van der Waals surface area contributed by atoms with Crippen molar-refractivity contribution in [1.29, 1.82) is 0 Å². The van der Waals surface area contributed by atoms with E-state index in [9.17, 15) is 4.79 Å². The number of ether oxygens (including phenoxy) is 2. The van der Waals surface area contributed by atoms with Gasteiger partial charge in [-0.05, 0) is 32.4 Å². The van der Waals surface area contributed by atoms with Crippen molar-refractivity contribution in [3.63, 3.8) is 0 Å². The molecule has 0 bridgehead atoms. The molecule has 21 heavy (non-hydrogen) atoms. The molecular weight excluding hydrogens is 270 g/mol. The summed E-state index contributed by atoms with van der Waals surface area (Å²) >= 11 is 0. The van der Waals surface area contributed by atoms with Crippen LogP contribution in [0.5, 0.6) is 11.5 Å². The van der Waals surface area contributed by atoms with Crippen LogP contribution >= 0.6 is 0 Å². The Balaban J connectivity index is 2.11. The van der Waals surface area contributed by atoms with Gasteiger partial charge in [0.1, 0.15) is 17.3 Å². The van der Waals surface area contributed by atoms with E-state index < -0.39 is 0 Å². The molecule has 0 spiro atoms. The maximum Gasteiger partial charge on any atom is 0.232 e. The summed E-state index contributed by atoms with van der Waals surface area (Å²) in [7, 11) is 0. The SMILES string of the molecule is CCCOc1ccc(C=O)c(OCc2nc(C)c(C)o2)c1. The molecule has 1 aromatic heterocycles. The highest BCUT2D eigenvalue weighted by atomic mass is 16.5. The highest BCUT2D eigenvalue weighted by molar-refractivity contribution is 5.79. The Hall–Kier alpha value is -2.30. The average Bonchev–Trinajstić information content (AvgIpc) is 2.81. The van der Waals surface area contributed by atoms with Gasteiger partial charge in [0.15, 0.2) is 12.9 Å². The molecule has 0 aliphatic carbocycles. The minimum absolute atomic E-state index is 0.173. The van der Waals surface area contributed by atoms with Crippen LogP contribution in [0.1, 0.15) is 41.0 Å². The zero-order valence-corrected chi connectivity index (χ0v) is 12.5. The number of carbonyl (C=O) groups is 1. The Labute approximate surface area is 123 Å². The van der Waals surface area contributed by atoms with Crippen LogP contribution in [0.25, 0.3) is 0 Å². The Morgan fingerprint density at radius 3 is 2.71 bits per heavy atom. The van der Waals surface area contributed by atoms with Gasteiger partial charge < -0.3 is 13.9 Å². The number of hydrogen-bond acceptors (Lipinski definition) is 5. The number of hydrogen-bond donors (Lipinski definition) is 0. The molecule has 0 aliphatic rings. The van der Waals surface area contributed by atoms with Gasteiger partial charge in [-0.2, -0.15) is 0 Å². The van der Waals surface area contributed by atoms with Crippen LogP contribution in [-0.2, 0) is 6.61 Å². The van der Waals surface area contributed by atoms with Gasteiger partial charge in [-0.1, -0.05) is 6.92 Å².